The van der Waals surface area contributed by atoms with E-state index in [1.807, 2.05) is 6.07 Å². The second-order valence-electron chi connectivity index (χ2n) is 5.33. The zero-order valence-electron chi connectivity index (χ0n) is 13.0. The van der Waals surface area contributed by atoms with E-state index >= 15 is 0 Å². The number of carbonyl (C=O) groups is 2. The summed E-state index contributed by atoms with van der Waals surface area (Å²) in [5, 5.41) is 4.50. The fraction of sp³-hybridized carbons (Fsp3) is 0.267. The molecule has 1 N–H and O–H groups in total. The van der Waals surface area contributed by atoms with E-state index in [0.29, 0.717) is 22.3 Å². The molecule has 0 radical (unpaired) electrons. The lowest BCUT2D eigenvalue weighted by Gasteiger charge is -2.30. The fourth-order valence-corrected chi connectivity index (χ4v) is 3.16. The highest BCUT2D eigenvalue weighted by molar-refractivity contribution is 7.14. The van der Waals surface area contributed by atoms with E-state index in [2.05, 4.69) is 10.3 Å². The van der Waals surface area contributed by atoms with Crippen LogP contribution in [0.4, 0.5) is 10.8 Å². The topological polar surface area (TPSA) is 71.5 Å². The van der Waals surface area contributed by atoms with Gasteiger partial charge in [0.2, 0.25) is 0 Å². The van der Waals surface area contributed by atoms with Crippen molar-refractivity contribution >= 4 is 68.8 Å². The summed E-state index contributed by atoms with van der Waals surface area (Å²) in [7, 11) is 1.69. The number of nitrogens with one attached hydrogen (secondary N) is 1. The highest BCUT2D eigenvalue weighted by Gasteiger charge is 2.32. The maximum atomic E-state index is 12.1. The molecule has 25 heavy (non-hydrogen) atoms. The van der Waals surface area contributed by atoms with Crippen molar-refractivity contribution in [3.63, 3.8) is 0 Å². The van der Waals surface area contributed by atoms with Crippen LogP contribution in [0.1, 0.15) is 6.92 Å². The Kier molecular flexibility index (Phi) is 4.85. The smallest absolute Gasteiger partial charge is 0.278 e. The van der Waals surface area contributed by atoms with Gasteiger partial charge in [0.25, 0.3) is 15.6 Å². The van der Waals surface area contributed by atoms with Gasteiger partial charge in [0.15, 0.2) is 11.2 Å². The van der Waals surface area contributed by atoms with Gasteiger partial charge in [-0.1, -0.05) is 34.8 Å². The average molecular weight is 421 g/mol. The quantitative estimate of drug-likeness (QED) is 0.749. The molecule has 0 saturated heterocycles. The average Bonchev–Trinajstić information content (AvgIpc) is 3.00. The number of alkyl halides is 3. The summed E-state index contributed by atoms with van der Waals surface area (Å²) in [5.41, 5.74) is 2.04. The standard InChI is InChI=1S/C15H12Cl3N3O3S/c1-7-12(22)21(2)10-5-8(3-4-11(10)24-7)9-6-25-14(19-9)20-13(23)15(16,17)18/h3-7H,1-2H3,(H,19,20,23)/t7-/m1/s1. The molecule has 6 nitrogen and oxygen atoms in total. The summed E-state index contributed by atoms with van der Waals surface area (Å²) in [6.07, 6.45) is -0.522. The number of rotatable bonds is 2. The number of nitrogens with zero attached hydrogens (tertiary/aromatic N) is 2. The summed E-state index contributed by atoms with van der Waals surface area (Å²) in [6.45, 7) is 1.70. The summed E-state index contributed by atoms with van der Waals surface area (Å²) < 4.78 is 3.53. The van der Waals surface area contributed by atoms with Crippen LogP contribution in [0.25, 0.3) is 11.3 Å². The minimum absolute atomic E-state index is 0.126. The zero-order chi connectivity index (χ0) is 18.4. The molecular formula is C15H12Cl3N3O3S. The molecule has 1 aromatic carbocycles. The minimum Gasteiger partial charge on any atom is -0.479 e. The van der Waals surface area contributed by atoms with Gasteiger partial charge < -0.3 is 9.64 Å². The van der Waals surface area contributed by atoms with Gasteiger partial charge in [-0.25, -0.2) is 4.98 Å². The summed E-state index contributed by atoms with van der Waals surface area (Å²) >= 11 is 17.8. The van der Waals surface area contributed by atoms with Crippen molar-refractivity contribution in [1.29, 1.82) is 0 Å². The number of fused-ring (bicyclic) bond motifs is 1. The maximum Gasteiger partial charge on any atom is 0.278 e. The number of carbonyl (C=O) groups excluding carboxylic acids is 2. The summed E-state index contributed by atoms with van der Waals surface area (Å²) in [6, 6.07) is 5.41. The van der Waals surface area contributed by atoms with E-state index in [1.165, 1.54) is 11.3 Å². The SMILES string of the molecule is C[C@H]1Oc2ccc(-c3csc(NC(=O)C(Cl)(Cl)Cl)n3)cc2N(C)C1=O. The van der Waals surface area contributed by atoms with Crippen LogP contribution in [0.15, 0.2) is 23.6 Å². The highest BCUT2D eigenvalue weighted by atomic mass is 35.6. The van der Waals surface area contributed by atoms with Gasteiger partial charge >= 0.3 is 0 Å². The van der Waals surface area contributed by atoms with E-state index in [-0.39, 0.29) is 5.91 Å². The second kappa shape index (κ2) is 6.64. The van der Waals surface area contributed by atoms with Crippen molar-refractivity contribution in [1.82, 2.24) is 4.98 Å². The number of hydrogen-bond donors (Lipinski definition) is 1. The van der Waals surface area contributed by atoms with Crippen LogP contribution in [0.2, 0.25) is 0 Å². The first-order chi connectivity index (χ1) is 11.7. The molecule has 0 saturated carbocycles. The molecule has 10 heteroatoms. The summed E-state index contributed by atoms with van der Waals surface area (Å²) in [4.78, 5) is 29.6. The molecule has 1 aromatic heterocycles. The maximum absolute atomic E-state index is 12.1. The number of ether oxygens (including phenoxy) is 1. The second-order valence-corrected chi connectivity index (χ2v) is 8.47. The molecule has 2 amide bonds. The fourth-order valence-electron chi connectivity index (χ4n) is 2.30. The third-order valence-electron chi connectivity index (χ3n) is 3.58. The van der Waals surface area contributed by atoms with E-state index in [9.17, 15) is 9.59 Å². The van der Waals surface area contributed by atoms with Crippen LogP contribution in [-0.4, -0.2) is 33.7 Å². The molecule has 0 unspecified atom stereocenters. The van der Waals surface area contributed by atoms with Crippen LogP contribution in [0, 0.1) is 0 Å². The number of aromatic nitrogens is 1. The number of halogens is 3. The van der Waals surface area contributed by atoms with Crippen LogP contribution in [-0.2, 0) is 9.59 Å². The number of likely N-dealkylation sites (N-methyl/N-ethyl adjacent to an activating group) is 1. The van der Waals surface area contributed by atoms with Gasteiger partial charge in [-0.15, -0.1) is 11.3 Å². The molecule has 0 aliphatic carbocycles. The first kappa shape index (κ1) is 18.3. The molecule has 1 aliphatic rings. The minimum atomic E-state index is -2.06. The molecule has 132 valence electrons. The van der Waals surface area contributed by atoms with Crippen molar-refractivity contribution in [2.75, 3.05) is 17.3 Å². The van der Waals surface area contributed by atoms with Crippen molar-refractivity contribution in [2.45, 2.75) is 16.8 Å². The van der Waals surface area contributed by atoms with Crippen LogP contribution >= 0.6 is 46.1 Å². The Morgan fingerprint density at radius 2 is 2.12 bits per heavy atom. The molecule has 1 atom stereocenters. The molecule has 0 spiro atoms. The third-order valence-corrected chi connectivity index (χ3v) is 4.85. The van der Waals surface area contributed by atoms with Crippen LogP contribution in [0.5, 0.6) is 5.75 Å². The molecule has 0 fully saturated rings. The van der Waals surface area contributed by atoms with Crippen molar-refractivity contribution in [3.8, 4) is 17.0 Å². The van der Waals surface area contributed by atoms with Crippen LogP contribution in [0.3, 0.4) is 0 Å². The normalized spacial score (nSPS) is 17.1. The molecule has 0 bridgehead atoms. The first-order valence-corrected chi connectivity index (χ1v) is 9.10. The van der Waals surface area contributed by atoms with E-state index in [1.54, 1.807) is 36.4 Å². The lowest BCUT2D eigenvalue weighted by atomic mass is 10.1. The van der Waals surface area contributed by atoms with Gasteiger partial charge in [-0.3, -0.25) is 14.9 Å². The molecular weight excluding hydrogens is 409 g/mol. The Balaban J connectivity index is 1.87. The largest absolute Gasteiger partial charge is 0.479 e. The molecule has 1 aliphatic heterocycles. The number of thiazole rings is 1. The third kappa shape index (κ3) is 3.69. The molecule has 3 rings (SSSR count). The first-order valence-electron chi connectivity index (χ1n) is 7.09. The van der Waals surface area contributed by atoms with Gasteiger partial charge in [-0.05, 0) is 25.1 Å². The number of amides is 2. The number of anilines is 2. The van der Waals surface area contributed by atoms with Gasteiger partial charge in [-0.2, -0.15) is 0 Å². The Bertz CT molecular complexity index is 850. The Morgan fingerprint density at radius 3 is 2.80 bits per heavy atom. The van der Waals surface area contributed by atoms with E-state index < -0.39 is 15.8 Å². The monoisotopic (exact) mass is 419 g/mol. The van der Waals surface area contributed by atoms with Crippen LogP contribution < -0.4 is 15.0 Å². The van der Waals surface area contributed by atoms with Crippen molar-refractivity contribution in [3.05, 3.63) is 23.6 Å². The summed E-state index contributed by atoms with van der Waals surface area (Å²) in [5.74, 6) is -0.284. The van der Waals surface area contributed by atoms with Gasteiger partial charge in [0.05, 0.1) is 11.4 Å². The number of hydrogen-bond acceptors (Lipinski definition) is 5. The van der Waals surface area contributed by atoms with Crippen molar-refractivity contribution in [2.24, 2.45) is 0 Å². The van der Waals surface area contributed by atoms with Gasteiger partial charge in [0, 0.05) is 18.0 Å². The molecule has 2 aromatic rings. The Morgan fingerprint density at radius 1 is 1.40 bits per heavy atom. The number of benzene rings is 1. The van der Waals surface area contributed by atoms with E-state index in [0.717, 1.165) is 5.56 Å². The lowest BCUT2D eigenvalue weighted by Crippen LogP contribution is -2.41. The zero-order valence-corrected chi connectivity index (χ0v) is 16.1. The van der Waals surface area contributed by atoms with Gasteiger partial charge in [0.1, 0.15) is 5.75 Å². The van der Waals surface area contributed by atoms with E-state index in [4.69, 9.17) is 39.5 Å². The Labute approximate surface area is 162 Å². The molecule has 2 heterocycles. The lowest BCUT2D eigenvalue weighted by molar-refractivity contribution is -0.125. The van der Waals surface area contributed by atoms with Crippen molar-refractivity contribution < 1.29 is 14.3 Å². The Hall–Kier alpha value is -1.54. The predicted octanol–water partition coefficient (Wildman–Crippen LogP) is 3.86. The predicted molar refractivity (Wildman–Crippen MR) is 100.0 cm³/mol. The highest BCUT2D eigenvalue weighted by Crippen LogP contribution is 2.37.